The molecule has 1 saturated heterocycles. The number of fused-ring (bicyclic) bond motifs is 1. The lowest BCUT2D eigenvalue weighted by atomic mass is 9.85. The summed E-state index contributed by atoms with van der Waals surface area (Å²) in [7, 11) is 1.56. The van der Waals surface area contributed by atoms with Crippen molar-refractivity contribution in [3.05, 3.63) is 100 Å². The quantitative estimate of drug-likeness (QED) is 0.255. The number of carbonyl (C=O) groups excluding carboxylic acids is 2. The minimum atomic E-state index is -0.767. The number of carbonyl (C=O) groups is 2. The highest BCUT2D eigenvalue weighted by molar-refractivity contribution is 6.51. The Morgan fingerprint density at radius 3 is 2.30 bits per heavy atom. The van der Waals surface area contributed by atoms with Crippen LogP contribution in [0.2, 0.25) is 0 Å². The van der Waals surface area contributed by atoms with Gasteiger partial charge in [0.2, 0.25) is 0 Å². The molecule has 5 heteroatoms. The molecule has 1 heterocycles. The van der Waals surface area contributed by atoms with Crippen LogP contribution in [0.5, 0.6) is 5.75 Å². The van der Waals surface area contributed by atoms with Crippen LogP contribution >= 0.6 is 0 Å². The lowest BCUT2D eigenvalue weighted by Crippen LogP contribution is -2.29. The van der Waals surface area contributed by atoms with Gasteiger partial charge in [-0.3, -0.25) is 14.5 Å². The molecule has 5 rings (SSSR count). The second-order valence-corrected chi connectivity index (χ2v) is 10.9. The molecule has 37 heavy (non-hydrogen) atoms. The summed E-state index contributed by atoms with van der Waals surface area (Å²) in [5.41, 5.74) is 5.55. The molecule has 1 aliphatic heterocycles. The van der Waals surface area contributed by atoms with E-state index < -0.39 is 17.7 Å². The lowest BCUT2D eigenvalue weighted by molar-refractivity contribution is -0.132. The summed E-state index contributed by atoms with van der Waals surface area (Å²) >= 11 is 0. The van der Waals surface area contributed by atoms with E-state index >= 15 is 0 Å². The number of aliphatic hydroxyl groups is 1. The van der Waals surface area contributed by atoms with E-state index in [9.17, 15) is 14.7 Å². The van der Waals surface area contributed by atoms with Crippen LogP contribution in [0.15, 0.2) is 72.3 Å². The fourth-order valence-corrected chi connectivity index (χ4v) is 5.38. The SMILES string of the molecule is COc1cccc(N2C(=O)C(=O)/C(=C(\O)c3ccc4c(c3)CCCC4)C2c2ccc(C(C)(C)C)cc2)c1. The monoisotopic (exact) mass is 495 g/mol. The Bertz CT molecular complexity index is 1400. The molecule has 2 aliphatic rings. The molecular formula is C32H33NO4. The normalized spacial score (nSPS) is 19.1. The number of hydrogen-bond donors (Lipinski definition) is 1. The van der Waals surface area contributed by atoms with Gasteiger partial charge in [0.05, 0.1) is 18.7 Å². The molecule has 5 nitrogen and oxygen atoms in total. The van der Waals surface area contributed by atoms with Crippen LogP contribution in [0.1, 0.15) is 67.5 Å². The van der Waals surface area contributed by atoms with Gasteiger partial charge in [0.25, 0.3) is 11.7 Å². The van der Waals surface area contributed by atoms with Crippen molar-refractivity contribution in [1.82, 2.24) is 0 Å². The van der Waals surface area contributed by atoms with Gasteiger partial charge in [0.1, 0.15) is 11.5 Å². The number of rotatable bonds is 4. The standard InChI is InChI=1S/C32H33NO4/c1-32(2,3)24-16-14-21(15-17-24)28-27(29(34)23-13-12-20-8-5-6-9-22(20)18-23)30(35)31(36)33(28)25-10-7-11-26(19-25)37-4/h7,10-19,28,34H,5-6,8-9H2,1-4H3/b29-27-. The van der Waals surface area contributed by atoms with Gasteiger partial charge < -0.3 is 9.84 Å². The summed E-state index contributed by atoms with van der Waals surface area (Å²) in [6.45, 7) is 6.42. The molecule has 0 aromatic heterocycles. The zero-order valence-corrected chi connectivity index (χ0v) is 21.9. The van der Waals surface area contributed by atoms with Crippen molar-refractivity contribution < 1.29 is 19.4 Å². The van der Waals surface area contributed by atoms with Crippen LogP contribution in [0.25, 0.3) is 5.76 Å². The van der Waals surface area contributed by atoms with Gasteiger partial charge in [-0.25, -0.2) is 0 Å². The summed E-state index contributed by atoms with van der Waals surface area (Å²) in [6, 6.07) is 20.2. The third kappa shape index (κ3) is 4.55. The number of amides is 1. The van der Waals surface area contributed by atoms with Gasteiger partial charge in [0, 0.05) is 17.3 Å². The van der Waals surface area contributed by atoms with Crippen molar-refractivity contribution in [2.75, 3.05) is 12.0 Å². The highest BCUT2D eigenvalue weighted by atomic mass is 16.5. The highest BCUT2D eigenvalue weighted by Crippen LogP contribution is 2.43. The number of nitrogens with zero attached hydrogens (tertiary/aromatic N) is 1. The Balaban J connectivity index is 1.68. The number of anilines is 1. The first-order chi connectivity index (χ1) is 17.7. The summed E-state index contributed by atoms with van der Waals surface area (Å²) in [5.74, 6) is -0.918. The molecule has 0 radical (unpaired) electrons. The van der Waals surface area contributed by atoms with Gasteiger partial charge in [-0.2, -0.15) is 0 Å². The number of methoxy groups -OCH3 is 1. The van der Waals surface area contributed by atoms with Crippen molar-refractivity contribution in [1.29, 1.82) is 0 Å². The average Bonchev–Trinajstić information content (AvgIpc) is 3.17. The first kappa shape index (κ1) is 24.8. The van der Waals surface area contributed by atoms with Crippen LogP contribution in [0.3, 0.4) is 0 Å². The second kappa shape index (κ2) is 9.55. The topological polar surface area (TPSA) is 66.8 Å². The average molecular weight is 496 g/mol. The van der Waals surface area contributed by atoms with E-state index in [2.05, 4.69) is 20.8 Å². The molecule has 0 bridgehead atoms. The predicted octanol–water partition coefficient (Wildman–Crippen LogP) is 6.50. The zero-order valence-electron chi connectivity index (χ0n) is 21.9. The van der Waals surface area contributed by atoms with E-state index in [1.165, 1.54) is 16.0 Å². The lowest BCUT2D eigenvalue weighted by Gasteiger charge is -2.27. The Hall–Kier alpha value is -3.86. The number of ether oxygens (including phenoxy) is 1. The largest absolute Gasteiger partial charge is 0.507 e. The maximum atomic E-state index is 13.5. The van der Waals surface area contributed by atoms with Gasteiger partial charge in [-0.15, -0.1) is 0 Å². The molecule has 0 saturated carbocycles. The van der Waals surface area contributed by atoms with E-state index in [-0.39, 0.29) is 16.7 Å². The second-order valence-electron chi connectivity index (χ2n) is 10.9. The minimum Gasteiger partial charge on any atom is -0.507 e. The van der Waals surface area contributed by atoms with Crippen molar-refractivity contribution in [2.45, 2.75) is 57.9 Å². The van der Waals surface area contributed by atoms with E-state index in [0.717, 1.165) is 36.8 Å². The van der Waals surface area contributed by atoms with Crippen LogP contribution in [0, 0.1) is 0 Å². The molecule has 3 aromatic rings. The van der Waals surface area contributed by atoms with Crippen molar-refractivity contribution >= 4 is 23.1 Å². The maximum Gasteiger partial charge on any atom is 0.300 e. The third-order valence-electron chi connectivity index (χ3n) is 7.49. The molecule has 1 atom stereocenters. The highest BCUT2D eigenvalue weighted by Gasteiger charge is 2.47. The number of aliphatic hydroxyl groups excluding tert-OH is 1. The van der Waals surface area contributed by atoms with Crippen molar-refractivity contribution in [3.63, 3.8) is 0 Å². The minimum absolute atomic E-state index is 0.0454. The number of Topliss-reactive ketones (excluding diaryl/α,β-unsaturated/α-hetero) is 1. The van der Waals surface area contributed by atoms with E-state index in [1.54, 1.807) is 31.4 Å². The summed E-state index contributed by atoms with van der Waals surface area (Å²) < 4.78 is 5.38. The Morgan fingerprint density at radius 2 is 1.62 bits per heavy atom. The molecule has 1 unspecified atom stereocenters. The van der Waals surface area contributed by atoms with Crippen LogP contribution < -0.4 is 9.64 Å². The van der Waals surface area contributed by atoms with Crippen molar-refractivity contribution in [2.24, 2.45) is 0 Å². The molecule has 1 aliphatic carbocycles. The Morgan fingerprint density at radius 1 is 0.919 bits per heavy atom. The van der Waals surface area contributed by atoms with Crippen LogP contribution in [-0.2, 0) is 27.8 Å². The molecule has 1 amide bonds. The molecule has 1 N–H and O–H groups in total. The molecule has 190 valence electrons. The number of ketones is 1. The van der Waals surface area contributed by atoms with E-state index in [4.69, 9.17) is 4.74 Å². The van der Waals surface area contributed by atoms with Crippen LogP contribution in [-0.4, -0.2) is 23.9 Å². The molecule has 3 aromatic carbocycles. The maximum absolute atomic E-state index is 13.5. The van der Waals surface area contributed by atoms with E-state index in [0.29, 0.717) is 17.0 Å². The molecular weight excluding hydrogens is 462 g/mol. The van der Waals surface area contributed by atoms with E-state index in [1.807, 2.05) is 42.5 Å². The van der Waals surface area contributed by atoms with Crippen LogP contribution in [0.4, 0.5) is 5.69 Å². The summed E-state index contributed by atoms with van der Waals surface area (Å²) in [6.07, 6.45) is 4.25. The van der Waals surface area contributed by atoms with Gasteiger partial charge in [-0.05, 0) is 71.6 Å². The Labute approximate surface area is 218 Å². The Kier molecular flexibility index (Phi) is 6.40. The van der Waals surface area contributed by atoms with Gasteiger partial charge in [-0.1, -0.05) is 63.2 Å². The van der Waals surface area contributed by atoms with Gasteiger partial charge >= 0.3 is 0 Å². The number of hydrogen-bond acceptors (Lipinski definition) is 4. The number of benzene rings is 3. The molecule has 1 fully saturated rings. The number of aryl methyl sites for hydroxylation is 2. The first-order valence-electron chi connectivity index (χ1n) is 12.9. The fourth-order valence-electron chi connectivity index (χ4n) is 5.38. The van der Waals surface area contributed by atoms with Gasteiger partial charge in [0.15, 0.2) is 0 Å². The third-order valence-corrected chi connectivity index (χ3v) is 7.49. The predicted molar refractivity (Wildman–Crippen MR) is 146 cm³/mol. The summed E-state index contributed by atoms with van der Waals surface area (Å²) in [5, 5.41) is 11.5. The van der Waals surface area contributed by atoms with Crippen molar-refractivity contribution in [3.8, 4) is 5.75 Å². The first-order valence-corrected chi connectivity index (χ1v) is 12.9. The zero-order chi connectivity index (χ0) is 26.3. The fraction of sp³-hybridized carbons (Fsp3) is 0.312. The molecule has 0 spiro atoms. The smallest absolute Gasteiger partial charge is 0.300 e. The summed E-state index contributed by atoms with van der Waals surface area (Å²) in [4.78, 5) is 28.5.